The number of thiophene rings is 1. The number of hydrogen-bond donors (Lipinski definition) is 0. The van der Waals surface area contributed by atoms with Gasteiger partial charge in [0.2, 0.25) is 6.23 Å². The van der Waals surface area contributed by atoms with Gasteiger partial charge in [-0.05, 0) is 59.5 Å². The third kappa shape index (κ3) is 3.47. The van der Waals surface area contributed by atoms with Crippen molar-refractivity contribution < 1.29 is 9.47 Å². The van der Waals surface area contributed by atoms with Crippen LogP contribution in [0.3, 0.4) is 0 Å². The van der Waals surface area contributed by atoms with Gasteiger partial charge in [-0.15, -0.1) is 11.3 Å². The lowest BCUT2D eigenvalue weighted by atomic mass is 9.96. The van der Waals surface area contributed by atoms with Crippen molar-refractivity contribution in [1.29, 1.82) is 0 Å². The number of rotatable bonds is 5. The van der Waals surface area contributed by atoms with Gasteiger partial charge in [-0.1, -0.05) is 34.7 Å². The quantitative estimate of drug-likeness (QED) is 0.412. The topological polar surface area (TPSA) is 34.1 Å². The van der Waals surface area contributed by atoms with Crippen LogP contribution in [-0.4, -0.2) is 17.3 Å². The van der Waals surface area contributed by atoms with Gasteiger partial charge < -0.3 is 9.47 Å². The molecule has 2 atom stereocenters. The second-order valence-electron chi connectivity index (χ2n) is 6.94. The highest BCUT2D eigenvalue weighted by Gasteiger charge is 2.41. The summed E-state index contributed by atoms with van der Waals surface area (Å²) in [6.45, 7) is 4.19. The summed E-state index contributed by atoms with van der Waals surface area (Å²) >= 11 is 5.29. The van der Waals surface area contributed by atoms with E-state index < -0.39 is 0 Å². The van der Waals surface area contributed by atoms with Crippen LogP contribution in [0.1, 0.15) is 34.7 Å². The zero-order chi connectivity index (χ0) is 19.8. The molecule has 6 heteroatoms. The smallest absolute Gasteiger partial charge is 0.222 e. The monoisotopic (exact) mass is 466 g/mol. The first-order valence-electron chi connectivity index (χ1n) is 9.42. The summed E-state index contributed by atoms with van der Waals surface area (Å²) in [6.07, 6.45) is 2.37. The van der Waals surface area contributed by atoms with Crippen LogP contribution in [0, 0.1) is 0 Å². The minimum atomic E-state index is -0.207. The van der Waals surface area contributed by atoms with E-state index >= 15 is 0 Å². The van der Waals surface area contributed by atoms with E-state index in [1.54, 1.807) is 17.4 Å². The number of hydrogen-bond acceptors (Lipinski definition) is 5. The van der Waals surface area contributed by atoms with Crippen molar-refractivity contribution in [2.45, 2.75) is 18.7 Å². The molecule has 3 heterocycles. The summed E-state index contributed by atoms with van der Waals surface area (Å²) in [5, 5.41) is 9.18. The maximum Gasteiger partial charge on any atom is 0.222 e. The minimum Gasteiger partial charge on any atom is -0.490 e. The van der Waals surface area contributed by atoms with Gasteiger partial charge in [0.25, 0.3) is 0 Å². The fraction of sp³-hybridized carbons (Fsp3) is 0.174. The fourth-order valence-electron chi connectivity index (χ4n) is 3.75. The molecule has 4 nitrogen and oxygen atoms in total. The molecule has 0 radical (unpaired) electrons. The van der Waals surface area contributed by atoms with Gasteiger partial charge in [-0.25, -0.2) is 5.01 Å². The van der Waals surface area contributed by atoms with Gasteiger partial charge in [-0.3, -0.25) is 0 Å². The molecular formula is C23H19BrN2O2S. The van der Waals surface area contributed by atoms with Crippen LogP contribution in [-0.2, 0) is 0 Å². The lowest BCUT2D eigenvalue weighted by Gasteiger charge is -2.37. The summed E-state index contributed by atoms with van der Waals surface area (Å²) in [5.41, 5.74) is 3.33. The minimum absolute atomic E-state index is 0.148. The fourth-order valence-corrected chi connectivity index (χ4v) is 4.87. The highest BCUT2D eigenvalue weighted by Crippen LogP contribution is 2.48. The molecule has 2 aliphatic rings. The summed E-state index contributed by atoms with van der Waals surface area (Å²) in [5.74, 6) is 1.76. The Labute approximate surface area is 182 Å². The van der Waals surface area contributed by atoms with Crippen molar-refractivity contribution in [1.82, 2.24) is 5.01 Å². The summed E-state index contributed by atoms with van der Waals surface area (Å²) in [4.78, 5) is 1.15. The number of ether oxygens (including phenoxy) is 2. The second-order valence-corrected chi connectivity index (χ2v) is 8.83. The van der Waals surface area contributed by atoms with E-state index in [1.165, 1.54) is 0 Å². The van der Waals surface area contributed by atoms with Crippen molar-refractivity contribution in [2.24, 2.45) is 5.10 Å². The Morgan fingerprint density at radius 3 is 2.86 bits per heavy atom. The van der Waals surface area contributed by atoms with E-state index in [-0.39, 0.29) is 12.3 Å². The normalized spacial score (nSPS) is 19.8. The molecule has 146 valence electrons. The number of benzene rings is 2. The van der Waals surface area contributed by atoms with Gasteiger partial charge in [0, 0.05) is 16.5 Å². The number of hydrazone groups is 1. The third-order valence-electron chi connectivity index (χ3n) is 5.09. The van der Waals surface area contributed by atoms with E-state index in [9.17, 15) is 0 Å². The molecule has 0 N–H and O–H groups in total. The van der Waals surface area contributed by atoms with Crippen LogP contribution in [0.15, 0.2) is 82.2 Å². The highest BCUT2D eigenvalue weighted by molar-refractivity contribution is 9.10. The average molecular weight is 467 g/mol. The van der Waals surface area contributed by atoms with E-state index in [4.69, 9.17) is 14.6 Å². The zero-order valence-corrected chi connectivity index (χ0v) is 18.0. The van der Waals surface area contributed by atoms with Crippen molar-refractivity contribution in [2.75, 3.05) is 6.61 Å². The Kier molecular flexibility index (Phi) is 4.89. The van der Waals surface area contributed by atoms with Crippen LogP contribution < -0.4 is 9.47 Å². The number of nitrogens with zero attached hydrogens (tertiary/aromatic N) is 2. The molecule has 3 aromatic rings. The molecule has 2 aliphatic heterocycles. The van der Waals surface area contributed by atoms with Crippen molar-refractivity contribution in [3.05, 3.63) is 93.1 Å². The third-order valence-corrected chi connectivity index (χ3v) is 6.49. The van der Waals surface area contributed by atoms with Gasteiger partial charge in [0.1, 0.15) is 18.1 Å². The first kappa shape index (κ1) is 18.5. The van der Waals surface area contributed by atoms with Crippen molar-refractivity contribution in [3.8, 4) is 11.5 Å². The lowest BCUT2D eigenvalue weighted by molar-refractivity contribution is -0.0166. The predicted molar refractivity (Wildman–Crippen MR) is 120 cm³/mol. The van der Waals surface area contributed by atoms with Gasteiger partial charge in [-0.2, -0.15) is 5.10 Å². The Morgan fingerprint density at radius 2 is 2.10 bits per heavy atom. The molecule has 2 unspecified atom stereocenters. The molecule has 0 bridgehead atoms. The van der Waals surface area contributed by atoms with Crippen LogP contribution in [0.5, 0.6) is 11.5 Å². The van der Waals surface area contributed by atoms with Gasteiger partial charge in [0.05, 0.1) is 16.6 Å². The van der Waals surface area contributed by atoms with Crippen LogP contribution in [0.4, 0.5) is 0 Å². The summed E-state index contributed by atoms with van der Waals surface area (Å²) in [6, 6.07) is 18.6. The van der Waals surface area contributed by atoms with E-state index in [0.717, 1.165) is 44.1 Å². The first-order valence-corrected chi connectivity index (χ1v) is 11.1. The van der Waals surface area contributed by atoms with Crippen LogP contribution in [0.2, 0.25) is 0 Å². The standard InChI is InChI=1S/C23H19BrN2O2S/c1-2-11-27-17-8-5-15(6-9-17)19-14-20-18-13-16(24)7-10-21(18)28-23(26(20)25-19)22-4-3-12-29-22/h2-10,12-13,20,23H,1,11,14H2. The average Bonchev–Trinajstić information content (AvgIpc) is 3.42. The molecule has 0 aliphatic carbocycles. The predicted octanol–water partition coefficient (Wildman–Crippen LogP) is 6.32. The van der Waals surface area contributed by atoms with Crippen molar-refractivity contribution in [3.63, 3.8) is 0 Å². The highest BCUT2D eigenvalue weighted by atomic mass is 79.9. The largest absolute Gasteiger partial charge is 0.490 e. The number of fused-ring (bicyclic) bond motifs is 3. The second kappa shape index (κ2) is 7.69. The SMILES string of the molecule is C=CCOc1ccc(C2=NN3C(C2)c2cc(Br)ccc2OC3c2cccs2)cc1. The molecule has 0 saturated heterocycles. The Bertz CT molecular complexity index is 1060. The molecule has 0 spiro atoms. The Morgan fingerprint density at radius 1 is 1.24 bits per heavy atom. The molecule has 0 saturated carbocycles. The maximum atomic E-state index is 6.37. The molecular weight excluding hydrogens is 448 g/mol. The number of halogens is 1. The van der Waals surface area contributed by atoms with Crippen LogP contribution >= 0.6 is 27.3 Å². The van der Waals surface area contributed by atoms with Crippen molar-refractivity contribution >= 4 is 33.0 Å². The van der Waals surface area contributed by atoms with Gasteiger partial charge >= 0.3 is 0 Å². The molecule has 2 aromatic carbocycles. The molecule has 5 rings (SSSR count). The Hall–Kier alpha value is -2.57. The Balaban J connectivity index is 1.50. The van der Waals surface area contributed by atoms with Gasteiger partial charge in [0.15, 0.2) is 0 Å². The first-order chi connectivity index (χ1) is 14.2. The summed E-state index contributed by atoms with van der Waals surface area (Å²) < 4.78 is 13.0. The van der Waals surface area contributed by atoms with E-state index in [1.807, 2.05) is 24.3 Å². The zero-order valence-electron chi connectivity index (χ0n) is 15.6. The maximum absolute atomic E-state index is 6.37. The lowest BCUT2D eigenvalue weighted by Crippen LogP contribution is -2.33. The van der Waals surface area contributed by atoms with E-state index in [2.05, 4.69) is 63.2 Å². The molecule has 0 amide bonds. The van der Waals surface area contributed by atoms with Crippen LogP contribution in [0.25, 0.3) is 0 Å². The molecule has 29 heavy (non-hydrogen) atoms. The van der Waals surface area contributed by atoms with E-state index in [0.29, 0.717) is 6.61 Å². The summed E-state index contributed by atoms with van der Waals surface area (Å²) in [7, 11) is 0. The molecule has 0 fully saturated rings. The molecule has 1 aromatic heterocycles.